The van der Waals surface area contributed by atoms with E-state index in [1.54, 1.807) is 4.57 Å². The number of nitrogens with zero attached hydrogens (tertiary/aromatic N) is 4. The fraction of sp³-hybridized carbons (Fsp3) is 0.440. The molecule has 0 fully saturated rings. The zero-order valence-electron chi connectivity index (χ0n) is 20.1. The Bertz CT molecular complexity index is 1440. The highest BCUT2D eigenvalue weighted by molar-refractivity contribution is 7.17. The summed E-state index contributed by atoms with van der Waals surface area (Å²) in [6.07, 6.45) is 1.56. The third kappa shape index (κ3) is 4.62. The van der Waals surface area contributed by atoms with E-state index in [4.69, 9.17) is 9.47 Å². The van der Waals surface area contributed by atoms with E-state index in [1.807, 2.05) is 41.0 Å². The first-order valence-electron chi connectivity index (χ1n) is 11.9. The van der Waals surface area contributed by atoms with E-state index in [-0.39, 0.29) is 17.5 Å². The molecule has 1 aliphatic heterocycles. The van der Waals surface area contributed by atoms with Crippen LogP contribution in [0.2, 0.25) is 0 Å². The van der Waals surface area contributed by atoms with Crippen molar-refractivity contribution in [3.63, 3.8) is 0 Å². The Kier molecular flexibility index (Phi) is 6.46. The maximum atomic E-state index is 13.0. The summed E-state index contributed by atoms with van der Waals surface area (Å²) in [5.74, 6) is 3.03. The minimum absolute atomic E-state index is 0.0253. The lowest BCUT2D eigenvalue weighted by Crippen LogP contribution is -2.26. The Morgan fingerprint density at radius 3 is 2.74 bits per heavy atom. The number of benzene rings is 1. The molecule has 4 aromatic rings. The lowest BCUT2D eigenvalue weighted by atomic mass is 10.1. The van der Waals surface area contributed by atoms with Crippen LogP contribution in [0.3, 0.4) is 0 Å². The maximum Gasteiger partial charge on any atom is 0.272 e. The minimum atomic E-state index is -0.150. The van der Waals surface area contributed by atoms with Crippen LogP contribution in [0.1, 0.15) is 51.0 Å². The molecule has 0 spiro atoms. The zero-order valence-corrected chi connectivity index (χ0v) is 20.9. The van der Waals surface area contributed by atoms with Gasteiger partial charge in [0.25, 0.3) is 5.56 Å². The van der Waals surface area contributed by atoms with Gasteiger partial charge in [-0.2, -0.15) is 0 Å². The molecule has 35 heavy (non-hydrogen) atoms. The number of carbonyl (C=O) groups is 1. The van der Waals surface area contributed by atoms with Crippen molar-refractivity contribution in [2.45, 2.75) is 52.6 Å². The summed E-state index contributed by atoms with van der Waals surface area (Å²) in [4.78, 5) is 25.6. The van der Waals surface area contributed by atoms with Gasteiger partial charge in [-0.05, 0) is 48.4 Å². The van der Waals surface area contributed by atoms with Crippen LogP contribution in [-0.2, 0) is 17.8 Å². The highest BCUT2D eigenvalue weighted by atomic mass is 32.1. The lowest BCUT2D eigenvalue weighted by molar-refractivity contribution is -0.121. The first-order valence-corrected chi connectivity index (χ1v) is 12.8. The molecule has 5 rings (SSSR count). The molecule has 0 saturated heterocycles. The molecule has 0 unspecified atom stereocenters. The number of carbonyl (C=O) groups excluding carboxylic acids is 1. The molecule has 0 saturated carbocycles. The number of hydrogen-bond donors (Lipinski definition) is 1. The van der Waals surface area contributed by atoms with Crippen molar-refractivity contribution in [2.75, 3.05) is 13.2 Å². The maximum absolute atomic E-state index is 13.0. The lowest BCUT2D eigenvalue weighted by Gasteiger charge is -2.21. The van der Waals surface area contributed by atoms with Gasteiger partial charge in [-0.15, -0.1) is 21.5 Å². The Labute approximate surface area is 206 Å². The number of aryl methyl sites for hydroxylation is 1. The van der Waals surface area contributed by atoms with Crippen LogP contribution in [0.4, 0.5) is 0 Å². The standard InChI is InChI=1S/C25H29N5O4S/c1-15(2)14-29-24(32)23-18(9-12-35-23)30-21(27-28-25(29)30)5-4-6-22(31)26-16(3)17-7-8-19-20(13-17)34-11-10-33-19/h7-9,12-13,15-16H,4-6,10-11,14H2,1-3H3,(H,26,31)/t16-/m1/s1. The van der Waals surface area contributed by atoms with Crippen molar-refractivity contribution in [1.82, 2.24) is 24.5 Å². The molecule has 0 radical (unpaired) electrons. The molecule has 9 nitrogen and oxygen atoms in total. The highest BCUT2D eigenvalue weighted by Gasteiger charge is 2.19. The second-order valence-electron chi connectivity index (χ2n) is 9.24. The fourth-order valence-corrected chi connectivity index (χ4v) is 5.23. The Morgan fingerprint density at radius 2 is 1.94 bits per heavy atom. The van der Waals surface area contributed by atoms with Gasteiger partial charge in [-0.25, -0.2) is 0 Å². The van der Waals surface area contributed by atoms with Crippen LogP contribution in [0.5, 0.6) is 11.5 Å². The molecule has 1 atom stereocenters. The largest absolute Gasteiger partial charge is 0.486 e. The summed E-state index contributed by atoms with van der Waals surface area (Å²) in [5, 5.41) is 13.7. The third-order valence-corrected chi connectivity index (χ3v) is 6.97. The molecule has 3 aromatic heterocycles. The van der Waals surface area contributed by atoms with Gasteiger partial charge in [0.15, 0.2) is 11.5 Å². The normalized spacial score (nSPS) is 14.1. The van der Waals surface area contributed by atoms with Crippen LogP contribution < -0.4 is 20.3 Å². The van der Waals surface area contributed by atoms with Crippen LogP contribution in [0.25, 0.3) is 16.0 Å². The average Bonchev–Trinajstić information content (AvgIpc) is 3.48. The van der Waals surface area contributed by atoms with Crippen molar-refractivity contribution >= 4 is 33.2 Å². The number of ether oxygens (including phenoxy) is 2. The molecule has 184 valence electrons. The van der Waals surface area contributed by atoms with Crippen molar-refractivity contribution in [1.29, 1.82) is 0 Å². The van der Waals surface area contributed by atoms with Gasteiger partial charge in [0.2, 0.25) is 11.7 Å². The second-order valence-corrected chi connectivity index (χ2v) is 10.2. The molecule has 4 heterocycles. The first-order chi connectivity index (χ1) is 16.9. The summed E-state index contributed by atoms with van der Waals surface area (Å²) in [7, 11) is 0. The fourth-order valence-electron chi connectivity index (χ4n) is 4.41. The number of nitrogens with one attached hydrogen (secondary N) is 1. The van der Waals surface area contributed by atoms with E-state index in [0.717, 1.165) is 22.7 Å². The summed E-state index contributed by atoms with van der Waals surface area (Å²) >= 11 is 1.43. The molecule has 0 bridgehead atoms. The van der Waals surface area contributed by atoms with Crippen LogP contribution in [0.15, 0.2) is 34.4 Å². The number of thiophene rings is 1. The number of amides is 1. The van der Waals surface area contributed by atoms with Gasteiger partial charge in [-0.3, -0.25) is 18.6 Å². The Morgan fingerprint density at radius 1 is 1.14 bits per heavy atom. The molecular weight excluding hydrogens is 466 g/mol. The van der Waals surface area contributed by atoms with Crippen LogP contribution >= 0.6 is 11.3 Å². The van der Waals surface area contributed by atoms with Gasteiger partial charge < -0.3 is 14.8 Å². The molecule has 1 amide bonds. The van der Waals surface area contributed by atoms with E-state index in [9.17, 15) is 9.59 Å². The van der Waals surface area contributed by atoms with Crippen molar-refractivity contribution in [3.05, 3.63) is 51.4 Å². The topological polar surface area (TPSA) is 99.8 Å². The molecule has 10 heteroatoms. The molecule has 1 aliphatic rings. The highest BCUT2D eigenvalue weighted by Crippen LogP contribution is 2.32. The summed E-state index contributed by atoms with van der Waals surface area (Å²) in [6.45, 7) is 7.76. The van der Waals surface area contributed by atoms with Gasteiger partial charge in [0.05, 0.1) is 11.6 Å². The Hall–Kier alpha value is -3.40. The van der Waals surface area contributed by atoms with Crippen LogP contribution in [0, 0.1) is 5.92 Å². The second kappa shape index (κ2) is 9.69. The summed E-state index contributed by atoms with van der Waals surface area (Å²) in [5.41, 5.74) is 1.77. The predicted octanol–water partition coefficient (Wildman–Crippen LogP) is 3.73. The molecule has 0 aliphatic carbocycles. The minimum Gasteiger partial charge on any atom is -0.486 e. The predicted molar refractivity (Wildman–Crippen MR) is 134 cm³/mol. The summed E-state index contributed by atoms with van der Waals surface area (Å²) in [6, 6.07) is 7.53. The summed E-state index contributed by atoms with van der Waals surface area (Å²) < 4.78 is 15.6. The van der Waals surface area contributed by atoms with Crippen molar-refractivity contribution < 1.29 is 14.3 Å². The van der Waals surface area contributed by atoms with Gasteiger partial charge >= 0.3 is 0 Å². The monoisotopic (exact) mass is 495 g/mol. The average molecular weight is 496 g/mol. The first kappa shape index (κ1) is 23.3. The third-order valence-electron chi connectivity index (χ3n) is 6.07. The Balaban J connectivity index is 1.27. The van der Waals surface area contributed by atoms with E-state index >= 15 is 0 Å². The number of fused-ring (bicyclic) bond motifs is 4. The molecule has 1 aromatic carbocycles. The van der Waals surface area contributed by atoms with Crippen LogP contribution in [-0.4, -0.2) is 38.3 Å². The van der Waals surface area contributed by atoms with Gasteiger partial charge in [0, 0.05) is 19.4 Å². The molecular formula is C25H29N5O4S. The van der Waals surface area contributed by atoms with E-state index in [1.165, 1.54) is 11.3 Å². The quantitative estimate of drug-likeness (QED) is 0.400. The smallest absolute Gasteiger partial charge is 0.272 e. The van der Waals surface area contributed by atoms with Crippen molar-refractivity contribution in [3.8, 4) is 11.5 Å². The van der Waals surface area contributed by atoms with Gasteiger partial charge in [-0.1, -0.05) is 19.9 Å². The SMILES string of the molecule is CC(C)Cn1c(=O)c2sccc2n2c(CCCC(=O)N[C@H](C)c3ccc4c(c3)OCCO4)nnc12. The zero-order chi connectivity index (χ0) is 24.5. The van der Waals surface area contributed by atoms with Gasteiger partial charge in [0.1, 0.15) is 23.7 Å². The van der Waals surface area contributed by atoms with E-state index in [2.05, 4.69) is 29.4 Å². The molecule has 1 N–H and O–H groups in total. The number of aromatic nitrogens is 4. The number of rotatable bonds is 8. The van der Waals surface area contributed by atoms with E-state index < -0.39 is 0 Å². The van der Waals surface area contributed by atoms with Crippen molar-refractivity contribution in [2.24, 2.45) is 5.92 Å². The number of hydrogen-bond acceptors (Lipinski definition) is 7. The van der Waals surface area contributed by atoms with E-state index in [0.29, 0.717) is 61.2 Å².